The molecule has 2 rings (SSSR count). The molecule has 1 aliphatic heterocycles. The van der Waals surface area contributed by atoms with Crippen LogP contribution in [0.2, 0.25) is 5.15 Å². The summed E-state index contributed by atoms with van der Waals surface area (Å²) in [6.45, 7) is 8.25. The van der Waals surface area contributed by atoms with Crippen molar-refractivity contribution in [3.8, 4) is 5.75 Å². The highest BCUT2D eigenvalue weighted by molar-refractivity contribution is 6.30. The van der Waals surface area contributed by atoms with Gasteiger partial charge in [0.15, 0.2) is 0 Å². The molecule has 1 aromatic heterocycles. The van der Waals surface area contributed by atoms with Gasteiger partial charge >= 0.3 is 0 Å². The predicted octanol–water partition coefficient (Wildman–Crippen LogP) is 5.32. The van der Waals surface area contributed by atoms with Crippen LogP contribution in [-0.4, -0.2) is 24.2 Å². The number of aromatic nitrogens is 1. The zero-order chi connectivity index (χ0) is 16.0. The van der Waals surface area contributed by atoms with Gasteiger partial charge in [0.25, 0.3) is 0 Å². The van der Waals surface area contributed by atoms with E-state index in [1.165, 1.54) is 12.8 Å². The average Bonchev–Trinajstić information content (AvgIpc) is 2.96. The normalized spacial score (nSPS) is 17.8. The molecular weight excluding hydrogens is 367 g/mol. The molecule has 0 amide bonds. The second kappa shape index (κ2) is 11.0. The number of halogens is 3. The fourth-order valence-electron chi connectivity index (χ4n) is 2.24. The molecule has 1 fully saturated rings. The lowest BCUT2D eigenvalue weighted by Crippen LogP contribution is -2.28. The van der Waals surface area contributed by atoms with Gasteiger partial charge in [0.05, 0.1) is 6.20 Å². The Morgan fingerprint density at radius 1 is 1.33 bits per heavy atom. The van der Waals surface area contributed by atoms with Crippen molar-refractivity contribution in [3.05, 3.63) is 41.2 Å². The van der Waals surface area contributed by atoms with Crippen molar-refractivity contribution < 1.29 is 4.74 Å². The Morgan fingerprint density at radius 3 is 2.71 bits per heavy atom. The average molecular weight is 394 g/mol. The predicted molar refractivity (Wildman–Crippen MR) is 108 cm³/mol. The third kappa shape index (κ3) is 8.39. The van der Waals surface area contributed by atoms with Crippen LogP contribution in [0.1, 0.15) is 39.2 Å². The van der Waals surface area contributed by atoms with Crippen molar-refractivity contribution in [3.63, 3.8) is 0 Å². The number of ether oxygens (including phenoxy) is 1. The molecule has 0 aromatic carbocycles. The molecule has 1 saturated heterocycles. The fraction of sp³-hybridized carbons (Fsp3) is 0.500. The summed E-state index contributed by atoms with van der Waals surface area (Å²) in [4.78, 5) is 4.20. The monoisotopic (exact) mass is 392 g/mol. The van der Waals surface area contributed by atoms with Gasteiger partial charge in [-0.2, -0.15) is 0 Å². The number of nitrogens with one attached hydrogen (secondary N) is 1. The number of pyridine rings is 1. The summed E-state index contributed by atoms with van der Waals surface area (Å²) in [6, 6.07) is 2.38. The maximum Gasteiger partial charge on any atom is 0.138 e. The summed E-state index contributed by atoms with van der Waals surface area (Å²) >= 11 is 6.14. The molecule has 1 aliphatic rings. The molecular formula is C18H27Cl3N2O. The zero-order valence-corrected chi connectivity index (χ0v) is 16.8. The second-order valence-electron chi connectivity index (χ2n) is 6.74. The Bertz CT molecular complexity index is 548. The summed E-state index contributed by atoms with van der Waals surface area (Å²) in [7, 11) is 0. The van der Waals surface area contributed by atoms with Crippen LogP contribution in [0, 0.1) is 5.41 Å². The van der Waals surface area contributed by atoms with Crippen LogP contribution in [0.15, 0.2) is 30.5 Å². The smallest absolute Gasteiger partial charge is 0.138 e. The van der Waals surface area contributed by atoms with Gasteiger partial charge < -0.3 is 10.1 Å². The Morgan fingerprint density at radius 2 is 2.08 bits per heavy atom. The number of hydrogen-bond acceptors (Lipinski definition) is 3. The van der Waals surface area contributed by atoms with Crippen LogP contribution >= 0.6 is 36.4 Å². The fourth-order valence-corrected chi connectivity index (χ4v) is 2.41. The number of rotatable bonds is 5. The molecule has 1 atom stereocenters. The molecule has 3 nitrogen and oxygen atoms in total. The quantitative estimate of drug-likeness (QED) is 0.542. The van der Waals surface area contributed by atoms with Crippen molar-refractivity contribution in [1.29, 1.82) is 0 Å². The van der Waals surface area contributed by atoms with Gasteiger partial charge in [0.2, 0.25) is 0 Å². The van der Waals surface area contributed by atoms with E-state index in [4.69, 9.17) is 16.3 Å². The van der Waals surface area contributed by atoms with Gasteiger partial charge in [0, 0.05) is 11.6 Å². The second-order valence-corrected chi connectivity index (χ2v) is 7.10. The van der Waals surface area contributed by atoms with Crippen LogP contribution in [0.4, 0.5) is 0 Å². The van der Waals surface area contributed by atoms with E-state index < -0.39 is 0 Å². The zero-order valence-electron chi connectivity index (χ0n) is 14.4. The highest BCUT2D eigenvalue weighted by Gasteiger charge is 2.14. The third-order valence-electron chi connectivity index (χ3n) is 3.44. The van der Waals surface area contributed by atoms with Crippen LogP contribution in [0.5, 0.6) is 5.75 Å². The van der Waals surface area contributed by atoms with Gasteiger partial charge in [-0.05, 0) is 30.9 Å². The van der Waals surface area contributed by atoms with Gasteiger partial charge in [-0.15, -0.1) is 24.8 Å². The molecule has 24 heavy (non-hydrogen) atoms. The minimum absolute atomic E-state index is 0. The van der Waals surface area contributed by atoms with Crippen LogP contribution in [0.3, 0.4) is 0 Å². The molecule has 0 saturated carbocycles. The molecule has 1 aromatic rings. The third-order valence-corrected chi connectivity index (χ3v) is 3.75. The topological polar surface area (TPSA) is 34.1 Å². The first kappa shape index (κ1) is 23.3. The highest BCUT2D eigenvalue weighted by atomic mass is 35.5. The minimum atomic E-state index is 0. The minimum Gasteiger partial charge on any atom is -0.490 e. The molecule has 1 N–H and O–H groups in total. The van der Waals surface area contributed by atoms with Crippen molar-refractivity contribution in [2.24, 2.45) is 5.41 Å². The first-order chi connectivity index (χ1) is 10.4. The van der Waals surface area contributed by atoms with Gasteiger partial charge in [-0.3, -0.25) is 0 Å². The molecule has 2 heterocycles. The summed E-state index contributed by atoms with van der Waals surface area (Å²) < 4.78 is 5.81. The maximum absolute atomic E-state index is 6.14. The summed E-state index contributed by atoms with van der Waals surface area (Å²) in [6.07, 6.45) is 12.2. The number of nitrogens with zero attached hydrogens (tertiary/aromatic N) is 1. The van der Waals surface area contributed by atoms with Crippen LogP contribution in [0.25, 0.3) is 6.08 Å². The lowest BCUT2D eigenvalue weighted by molar-refractivity contribution is 0.276. The summed E-state index contributed by atoms with van der Waals surface area (Å²) in [5, 5.41) is 3.91. The van der Waals surface area contributed by atoms with E-state index in [1.54, 1.807) is 6.20 Å². The molecule has 0 spiro atoms. The first-order valence-corrected chi connectivity index (χ1v) is 8.19. The van der Waals surface area contributed by atoms with Crippen molar-refractivity contribution in [1.82, 2.24) is 10.3 Å². The van der Waals surface area contributed by atoms with E-state index in [2.05, 4.69) is 37.1 Å². The Balaban J connectivity index is 0.00000264. The van der Waals surface area contributed by atoms with Crippen LogP contribution < -0.4 is 10.1 Å². The Hall–Kier alpha value is -0.740. The van der Waals surface area contributed by atoms with E-state index in [0.29, 0.717) is 17.8 Å². The molecule has 136 valence electrons. The molecule has 0 unspecified atom stereocenters. The van der Waals surface area contributed by atoms with E-state index in [0.717, 1.165) is 17.9 Å². The Kier molecular flexibility index (Phi) is 10.6. The molecule has 0 bridgehead atoms. The van der Waals surface area contributed by atoms with Crippen LogP contribution in [-0.2, 0) is 0 Å². The van der Waals surface area contributed by atoms with Crippen molar-refractivity contribution >= 4 is 42.5 Å². The van der Waals surface area contributed by atoms with E-state index in [-0.39, 0.29) is 30.2 Å². The summed E-state index contributed by atoms with van der Waals surface area (Å²) in [5.74, 6) is 0.762. The number of hydrogen-bond donors (Lipinski definition) is 1. The van der Waals surface area contributed by atoms with Gasteiger partial charge in [-0.25, -0.2) is 4.98 Å². The number of allylic oxidation sites excluding steroid dienone is 3. The summed E-state index contributed by atoms with van der Waals surface area (Å²) in [5.41, 5.74) is 1.04. The van der Waals surface area contributed by atoms with E-state index in [1.807, 2.05) is 24.3 Å². The highest BCUT2D eigenvalue weighted by Crippen LogP contribution is 2.21. The molecule has 0 aliphatic carbocycles. The standard InChI is InChI=1S/C18H25ClN2O.2ClH/c1-18(2,3)9-5-4-7-14-11-16(12-21-17(14)19)22-13-15-8-6-10-20-15;;/h4-5,7,9,11-12,15,20H,6,8,10,13H2,1-3H3;2*1H/t15-;;/m0../s1. The lowest BCUT2D eigenvalue weighted by atomic mass is 9.96. The van der Waals surface area contributed by atoms with E-state index in [9.17, 15) is 0 Å². The lowest BCUT2D eigenvalue weighted by Gasteiger charge is -2.12. The van der Waals surface area contributed by atoms with Gasteiger partial charge in [0.1, 0.15) is 17.5 Å². The largest absolute Gasteiger partial charge is 0.490 e. The first-order valence-electron chi connectivity index (χ1n) is 7.82. The SMILES string of the molecule is CC(C)(C)C=CC=Cc1cc(OC[C@@H]2CCCN2)cnc1Cl.Cl.Cl. The molecule has 6 heteroatoms. The van der Waals surface area contributed by atoms with Crippen molar-refractivity contribution in [2.45, 2.75) is 39.7 Å². The Labute approximate surface area is 162 Å². The van der Waals surface area contributed by atoms with Gasteiger partial charge in [-0.1, -0.05) is 56.7 Å². The molecule has 0 radical (unpaired) electrons. The maximum atomic E-state index is 6.14. The van der Waals surface area contributed by atoms with Crippen molar-refractivity contribution in [2.75, 3.05) is 13.2 Å². The van der Waals surface area contributed by atoms with E-state index >= 15 is 0 Å².